The fraction of sp³-hybridized carbons (Fsp3) is 0.524. The first-order valence-electron chi connectivity index (χ1n) is 10.2. The van der Waals surface area contributed by atoms with Gasteiger partial charge in [-0.2, -0.15) is 8.42 Å². The second-order valence-corrected chi connectivity index (χ2v) is 10.2. The molecule has 0 radical (unpaired) electrons. The Labute approximate surface area is 193 Å². The van der Waals surface area contributed by atoms with E-state index >= 15 is 0 Å². The van der Waals surface area contributed by atoms with Crippen molar-refractivity contribution in [2.75, 3.05) is 33.7 Å². The smallest absolute Gasteiger partial charge is 0.303 e. The molecule has 2 N–H and O–H groups in total. The summed E-state index contributed by atoms with van der Waals surface area (Å²) >= 11 is 0. The molecule has 1 fully saturated rings. The number of likely N-dealkylation sites (tertiary alicyclic amines) is 1. The van der Waals surface area contributed by atoms with Crippen molar-refractivity contribution in [2.24, 2.45) is 4.40 Å². The predicted molar refractivity (Wildman–Crippen MR) is 122 cm³/mol. The molecule has 2 rings (SSSR count). The lowest BCUT2D eigenvalue weighted by atomic mass is 10.1. The van der Waals surface area contributed by atoms with Gasteiger partial charge in [-0.15, -0.1) is 4.40 Å². The van der Waals surface area contributed by atoms with Crippen LogP contribution in [-0.2, 0) is 14.8 Å². The molecule has 1 heterocycles. The maximum atomic E-state index is 13.5. The van der Waals surface area contributed by atoms with Gasteiger partial charge in [0.05, 0.1) is 24.4 Å². The molecular weight excluding hydrogens is 451 g/mol. The minimum Gasteiger partial charge on any atom is -0.368 e. The molecule has 0 unspecified atom stereocenters. The zero-order valence-electron chi connectivity index (χ0n) is 19.1. The van der Waals surface area contributed by atoms with Crippen molar-refractivity contribution in [3.05, 3.63) is 41.2 Å². The minimum absolute atomic E-state index is 0.0246. The summed E-state index contributed by atoms with van der Waals surface area (Å²) in [4.78, 5) is 30.8. The number of nitrogens with one attached hydrogen (secondary N) is 2. The molecule has 0 aromatic heterocycles. The lowest BCUT2D eigenvalue weighted by Crippen LogP contribution is -2.52. The molecule has 0 aliphatic carbocycles. The van der Waals surface area contributed by atoms with Gasteiger partial charge in [0.2, 0.25) is 5.91 Å². The van der Waals surface area contributed by atoms with Crippen LogP contribution in [-0.4, -0.2) is 88.0 Å². The van der Waals surface area contributed by atoms with Crippen LogP contribution in [0.4, 0.5) is 4.39 Å². The Hall–Kier alpha value is -3.04. The van der Waals surface area contributed by atoms with Crippen LogP contribution in [0.2, 0.25) is 0 Å². The molecular formula is C21H29FN6O4S. The lowest BCUT2D eigenvalue weighted by Gasteiger charge is -2.27. The number of alkyl halides is 1. The van der Waals surface area contributed by atoms with Crippen LogP contribution in [0, 0.1) is 6.57 Å². The van der Waals surface area contributed by atoms with E-state index in [-0.39, 0.29) is 42.4 Å². The zero-order valence-corrected chi connectivity index (χ0v) is 19.9. The fourth-order valence-corrected chi connectivity index (χ4v) is 3.95. The predicted octanol–water partition coefficient (Wildman–Crippen LogP) is 0.879. The second-order valence-electron chi connectivity index (χ2n) is 8.59. The second kappa shape index (κ2) is 10.7. The molecule has 180 valence electrons. The van der Waals surface area contributed by atoms with Gasteiger partial charge in [0.25, 0.3) is 15.9 Å². The monoisotopic (exact) mass is 480 g/mol. The van der Waals surface area contributed by atoms with E-state index in [0.717, 1.165) is 0 Å². The topological polar surface area (TPSA) is 116 Å². The van der Waals surface area contributed by atoms with Gasteiger partial charge in [0.15, 0.2) is 0 Å². The van der Waals surface area contributed by atoms with E-state index in [9.17, 15) is 22.4 Å². The summed E-state index contributed by atoms with van der Waals surface area (Å²) in [5, 5.41) is 5.76. The van der Waals surface area contributed by atoms with E-state index in [4.69, 9.17) is 6.57 Å². The van der Waals surface area contributed by atoms with E-state index in [1.54, 1.807) is 27.9 Å². The van der Waals surface area contributed by atoms with Crippen molar-refractivity contribution >= 4 is 28.2 Å². The highest BCUT2D eigenvalue weighted by molar-refractivity contribution is 7.90. The summed E-state index contributed by atoms with van der Waals surface area (Å²) in [6, 6.07) is 5.40. The molecule has 2 amide bonds. The van der Waals surface area contributed by atoms with Gasteiger partial charge < -0.3 is 15.5 Å². The number of carbonyl (C=O) groups excluding carboxylic acids is 2. The molecule has 10 nitrogen and oxygen atoms in total. The van der Waals surface area contributed by atoms with Gasteiger partial charge in [0.1, 0.15) is 12.5 Å². The molecule has 12 heteroatoms. The molecule has 1 aromatic carbocycles. The Morgan fingerprint density at radius 3 is 2.55 bits per heavy atom. The summed E-state index contributed by atoms with van der Waals surface area (Å²) in [6.07, 6.45) is -0.771. The Morgan fingerprint density at radius 2 is 1.97 bits per heavy atom. The number of halogens is 1. The van der Waals surface area contributed by atoms with Crippen molar-refractivity contribution in [2.45, 2.75) is 43.0 Å². The highest BCUT2D eigenvalue weighted by Crippen LogP contribution is 2.21. The first-order valence-corrected chi connectivity index (χ1v) is 11.7. The van der Waals surface area contributed by atoms with Gasteiger partial charge in [-0.1, -0.05) is 0 Å². The maximum Gasteiger partial charge on any atom is 0.303 e. The van der Waals surface area contributed by atoms with E-state index in [0.29, 0.717) is 0 Å². The van der Waals surface area contributed by atoms with E-state index in [1.165, 1.54) is 40.4 Å². The van der Waals surface area contributed by atoms with Gasteiger partial charge >= 0.3 is 6.17 Å². The SMILES string of the molecule is [C-]#[N+][C@@H]1C[C@H](F)CN1C(=O)CNC(C)(C)CNC(=O)c1ccc(S(=O)(=O)N=CN(C)C)cc1. The quantitative estimate of drug-likeness (QED) is 0.308. The molecule has 0 saturated carbocycles. The van der Waals surface area contributed by atoms with Crippen LogP contribution in [0.25, 0.3) is 4.85 Å². The summed E-state index contributed by atoms with van der Waals surface area (Å²) < 4.78 is 41.4. The van der Waals surface area contributed by atoms with E-state index < -0.39 is 33.8 Å². The Morgan fingerprint density at radius 1 is 1.33 bits per heavy atom. The number of hydrogen-bond acceptors (Lipinski definition) is 5. The minimum atomic E-state index is -3.86. The van der Waals surface area contributed by atoms with Crippen molar-refractivity contribution in [3.63, 3.8) is 0 Å². The van der Waals surface area contributed by atoms with Crippen molar-refractivity contribution < 1.29 is 22.4 Å². The highest BCUT2D eigenvalue weighted by atomic mass is 32.2. The van der Waals surface area contributed by atoms with Gasteiger partial charge in [0, 0.05) is 31.7 Å². The Kier molecular flexibility index (Phi) is 8.51. The molecule has 1 aliphatic rings. The zero-order chi connectivity index (χ0) is 24.8. The average Bonchev–Trinajstić information content (AvgIpc) is 3.15. The number of hydrogen-bond donors (Lipinski definition) is 2. The third-order valence-electron chi connectivity index (χ3n) is 4.93. The standard InChI is InChI=1S/C21H29FN6O4S/c1-21(2,25-11-19(29)28-12-16(22)10-18(28)23-3)13-24-20(30)15-6-8-17(9-7-15)33(31,32)26-14-27(4)5/h6-9,14,16,18,25H,10-13H2,1-2,4-5H3,(H,24,30)/t16-,18-/m0/s1. The van der Waals surface area contributed by atoms with Crippen LogP contribution in [0.3, 0.4) is 0 Å². The fourth-order valence-electron chi connectivity index (χ4n) is 3.03. The molecule has 1 aromatic rings. The molecule has 0 bridgehead atoms. The van der Waals surface area contributed by atoms with Crippen LogP contribution in [0.5, 0.6) is 0 Å². The number of nitrogens with zero attached hydrogens (tertiary/aromatic N) is 4. The number of benzene rings is 1. The van der Waals surface area contributed by atoms with E-state index in [2.05, 4.69) is 19.9 Å². The van der Waals surface area contributed by atoms with Gasteiger partial charge in [-0.05, 0) is 38.1 Å². The Balaban J connectivity index is 1.90. The normalized spacial score (nSPS) is 18.8. The molecule has 1 aliphatic heterocycles. The van der Waals surface area contributed by atoms with Crippen molar-refractivity contribution in [1.82, 2.24) is 20.4 Å². The third-order valence-corrected chi connectivity index (χ3v) is 6.17. The molecule has 1 saturated heterocycles. The van der Waals surface area contributed by atoms with Gasteiger partial charge in [-0.25, -0.2) is 11.0 Å². The molecule has 2 atom stereocenters. The average molecular weight is 481 g/mol. The van der Waals surface area contributed by atoms with Crippen LogP contribution >= 0.6 is 0 Å². The van der Waals surface area contributed by atoms with Crippen LogP contribution < -0.4 is 10.6 Å². The molecule has 0 spiro atoms. The number of sulfonamides is 1. The largest absolute Gasteiger partial charge is 0.368 e. The van der Waals surface area contributed by atoms with Crippen molar-refractivity contribution in [1.29, 1.82) is 0 Å². The molecule has 33 heavy (non-hydrogen) atoms. The van der Waals surface area contributed by atoms with Crippen LogP contribution in [0.15, 0.2) is 33.6 Å². The Bertz CT molecular complexity index is 1030. The first kappa shape index (κ1) is 26.2. The summed E-state index contributed by atoms with van der Waals surface area (Å²) in [6.45, 7) is 10.7. The number of carbonyl (C=O) groups is 2. The summed E-state index contributed by atoms with van der Waals surface area (Å²) in [5.74, 6) is -0.783. The van der Waals surface area contributed by atoms with E-state index in [1.807, 2.05) is 0 Å². The maximum absolute atomic E-state index is 13.5. The third kappa shape index (κ3) is 7.50. The lowest BCUT2D eigenvalue weighted by molar-refractivity contribution is -0.130. The van der Waals surface area contributed by atoms with Crippen LogP contribution in [0.1, 0.15) is 30.6 Å². The summed E-state index contributed by atoms with van der Waals surface area (Å²) in [7, 11) is -0.562. The number of rotatable bonds is 9. The number of amides is 2. The first-order chi connectivity index (χ1) is 15.3. The summed E-state index contributed by atoms with van der Waals surface area (Å²) in [5.41, 5.74) is -0.402. The van der Waals surface area contributed by atoms with Gasteiger partial charge in [-0.3, -0.25) is 19.3 Å². The highest BCUT2D eigenvalue weighted by Gasteiger charge is 2.39. The van der Waals surface area contributed by atoms with Crippen molar-refractivity contribution in [3.8, 4) is 0 Å².